The highest BCUT2D eigenvalue weighted by molar-refractivity contribution is 5.98. The maximum Gasteiger partial charge on any atom is 0.251 e. The topological polar surface area (TPSA) is 55.8 Å². The molecule has 0 saturated carbocycles. The van der Waals surface area contributed by atoms with Crippen LogP contribution in [0.4, 0.5) is 0 Å². The minimum Gasteiger partial charge on any atom is -0.497 e. The number of ketones is 1. The number of carbonyl (C=O) groups is 2. The number of amides is 1. The van der Waals surface area contributed by atoms with Gasteiger partial charge in [-0.1, -0.05) is 0 Å². The van der Waals surface area contributed by atoms with Gasteiger partial charge in [0.05, 0.1) is 7.11 Å². The van der Waals surface area contributed by atoms with E-state index in [-0.39, 0.29) is 23.7 Å². The van der Waals surface area contributed by atoms with E-state index in [4.69, 9.17) is 9.47 Å². The summed E-state index contributed by atoms with van der Waals surface area (Å²) in [5, 5.41) is 0. The van der Waals surface area contributed by atoms with Crippen LogP contribution >= 0.6 is 0 Å². The van der Waals surface area contributed by atoms with E-state index in [1.54, 1.807) is 7.11 Å². The highest BCUT2D eigenvalue weighted by Gasteiger charge is 2.32. The predicted molar refractivity (Wildman–Crippen MR) is 85.6 cm³/mol. The molecule has 2 fully saturated rings. The molecule has 0 radical (unpaired) electrons. The molecule has 1 amide bonds. The first-order valence-electron chi connectivity index (χ1n) is 8.27. The van der Waals surface area contributed by atoms with E-state index in [1.165, 1.54) is 0 Å². The molecule has 0 bridgehead atoms. The van der Waals surface area contributed by atoms with Crippen molar-refractivity contribution in [2.45, 2.75) is 31.8 Å². The molecule has 3 rings (SSSR count). The summed E-state index contributed by atoms with van der Waals surface area (Å²) in [7, 11) is 1.61. The van der Waals surface area contributed by atoms with E-state index in [2.05, 4.69) is 0 Å². The Morgan fingerprint density at radius 3 is 2.39 bits per heavy atom. The second kappa shape index (κ2) is 7.13. The summed E-state index contributed by atoms with van der Waals surface area (Å²) in [6, 6.07) is 7.24. The number of ether oxygens (including phenoxy) is 2. The lowest BCUT2D eigenvalue weighted by Gasteiger charge is -2.32. The van der Waals surface area contributed by atoms with E-state index in [0.29, 0.717) is 19.7 Å². The number of likely N-dealkylation sites (tertiary alicyclic amines) is 1. The molecule has 2 heterocycles. The molecule has 2 aliphatic heterocycles. The Labute approximate surface area is 136 Å². The summed E-state index contributed by atoms with van der Waals surface area (Å²) in [6.45, 7) is 1.97. The molecule has 124 valence electrons. The van der Waals surface area contributed by atoms with E-state index in [0.717, 1.165) is 37.0 Å². The van der Waals surface area contributed by atoms with Crippen LogP contribution in [-0.4, -0.2) is 49.5 Å². The van der Waals surface area contributed by atoms with Crippen LogP contribution in [0.5, 0.6) is 5.75 Å². The molecule has 0 spiro atoms. The van der Waals surface area contributed by atoms with Gasteiger partial charge in [0, 0.05) is 31.2 Å². The van der Waals surface area contributed by atoms with Gasteiger partial charge in [-0.05, 0) is 49.9 Å². The summed E-state index contributed by atoms with van der Waals surface area (Å²) in [5.41, 5.74) is 0.717. The Balaban J connectivity index is 1.55. The van der Waals surface area contributed by atoms with Crippen LogP contribution in [0.1, 0.15) is 36.0 Å². The molecule has 5 heteroatoms. The summed E-state index contributed by atoms with van der Waals surface area (Å²) < 4.78 is 10.6. The van der Waals surface area contributed by atoms with Crippen LogP contribution in [0.3, 0.4) is 0 Å². The molecule has 1 aromatic rings. The monoisotopic (exact) mass is 317 g/mol. The first-order valence-corrected chi connectivity index (χ1v) is 8.27. The molecule has 0 aliphatic carbocycles. The van der Waals surface area contributed by atoms with Gasteiger partial charge in [-0.15, -0.1) is 0 Å². The third kappa shape index (κ3) is 3.55. The van der Waals surface area contributed by atoms with Gasteiger partial charge in [0.25, 0.3) is 5.91 Å². The lowest BCUT2D eigenvalue weighted by molar-refractivity contribution is -0.142. The zero-order valence-corrected chi connectivity index (χ0v) is 13.5. The minimum absolute atomic E-state index is 0.00283. The molecule has 23 heavy (non-hydrogen) atoms. The standard InChI is InChI=1S/C18H23NO4/c1-22-15-6-4-13(5-7-15)17(20)14-8-10-19(11-9-14)18(21)16-3-2-12-23-16/h4-7,14,16H,2-3,8-12H2,1H3. The van der Waals surface area contributed by atoms with Crippen LogP contribution in [0.2, 0.25) is 0 Å². The largest absolute Gasteiger partial charge is 0.497 e. The zero-order chi connectivity index (χ0) is 16.2. The number of rotatable bonds is 4. The Hall–Kier alpha value is -1.88. The summed E-state index contributed by atoms with van der Waals surface area (Å²) in [6.07, 6.45) is 2.97. The Morgan fingerprint density at radius 1 is 1.13 bits per heavy atom. The lowest BCUT2D eigenvalue weighted by atomic mass is 9.88. The average Bonchev–Trinajstić information content (AvgIpc) is 3.15. The van der Waals surface area contributed by atoms with E-state index in [9.17, 15) is 9.59 Å². The van der Waals surface area contributed by atoms with Gasteiger partial charge < -0.3 is 14.4 Å². The van der Waals surface area contributed by atoms with Crippen molar-refractivity contribution in [3.63, 3.8) is 0 Å². The van der Waals surface area contributed by atoms with Gasteiger partial charge in [0.1, 0.15) is 11.9 Å². The van der Waals surface area contributed by atoms with Crippen molar-refractivity contribution in [1.29, 1.82) is 0 Å². The van der Waals surface area contributed by atoms with Gasteiger partial charge in [-0.2, -0.15) is 0 Å². The second-order valence-corrected chi connectivity index (χ2v) is 6.19. The number of methoxy groups -OCH3 is 1. The maximum atomic E-state index is 12.6. The van der Waals surface area contributed by atoms with Gasteiger partial charge in [0.15, 0.2) is 5.78 Å². The van der Waals surface area contributed by atoms with Crippen molar-refractivity contribution >= 4 is 11.7 Å². The van der Waals surface area contributed by atoms with Crippen molar-refractivity contribution in [3.8, 4) is 5.75 Å². The number of hydrogen-bond acceptors (Lipinski definition) is 4. The molecular weight excluding hydrogens is 294 g/mol. The molecule has 0 aromatic heterocycles. The zero-order valence-electron chi connectivity index (χ0n) is 13.5. The Bertz CT molecular complexity index is 555. The number of Topliss-reactive ketones (excluding diaryl/α,β-unsaturated/α-hetero) is 1. The van der Waals surface area contributed by atoms with Crippen LogP contribution in [0.15, 0.2) is 24.3 Å². The van der Waals surface area contributed by atoms with E-state index < -0.39 is 0 Å². The van der Waals surface area contributed by atoms with Gasteiger partial charge in [-0.25, -0.2) is 0 Å². The number of nitrogens with zero attached hydrogens (tertiary/aromatic N) is 1. The quantitative estimate of drug-likeness (QED) is 0.800. The molecule has 2 aliphatic rings. The first-order chi connectivity index (χ1) is 11.2. The number of benzene rings is 1. The molecule has 2 saturated heterocycles. The van der Waals surface area contributed by atoms with E-state index in [1.807, 2.05) is 29.2 Å². The van der Waals surface area contributed by atoms with Crippen molar-refractivity contribution < 1.29 is 19.1 Å². The molecule has 1 aromatic carbocycles. The Kier molecular flexibility index (Phi) is 4.96. The third-order valence-electron chi connectivity index (χ3n) is 4.76. The van der Waals surface area contributed by atoms with Crippen LogP contribution in [0, 0.1) is 5.92 Å². The average molecular weight is 317 g/mol. The predicted octanol–water partition coefficient (Wildman–Crippen LogP) is 2.30. The number of piperidine rings is 1. The smallest absolute Gasteiger partial charge is 0.251 e. The highest BCUT2D eigenvalue weighted by Crippen LogP contribution is 2.25. The highest BCUT2D eigenvalue weighted by atomic mass is 16.5. The SMILES string of the molecule is COc1ccc(C(=O)C2CCN(C(=O)C3CCCO3)CC2)cc1. The molecule has 1 atom stereocenters. The van der Waals surface area contributed by atoms with Crippen molar-refractivity contribution in [3.05, 3.63) is 29.8 Å². The first kappa shape index (κ1) is 16.0. The molecule has 1 unspecified atom stereocenters. The lowest BCUT2D eigenvalue weighted by Crippen LogP contribution is -2.44. The number of carbonyl (C=O) groups excluding carboxylic acids is 2. The maximum absolute atomic E-state index is 12.6. The molecule has 0 N–H and O–H groups in total. The molecule has 5 nitrogen and oxygen atoms in total. The van der Waals surface area contributed by atoms with Crippen molar-refractivity contribution in [1.82, 2.24) is 4.90 Å². The summed E-state index contributed by atoms with van der Waals surface area (Å²) in [5.74, 6) is 1.00. The summed E-state index contributed by atoms with van der Waals surface area (Å²) >= 11 is 0. The fourth-order valence-electron chi connectivity index (χ4n) is 3.33. The normalized spacial score (nSPS) is 22.1. The van der Waals surface area contributed by atoms with Gasteiger partial charge in [0.2, 0.25) is 0 Å². The number of hydrogen-bond donors (Lipinski definition) is 0. The Morgan fingerprint density at radius 2 is 1.83 bits per heavy atom. The van der Waals surface area contributed by atoms with Gasteiger partial charge in [-0.3, -0.25) is 9.59 Å². The fourth-order valence-corrected chi connectivity index (χ4v) is 3.33. The van der Waals surface area contributed by atoms with Crippen molar-refractivity contribution in [2.75, 3.05) is 26.8 Å². The van der Waals surface area contributed by atoms with Crippen molar-refractivity contribution in [2.24, 2.45) is 5.92 Å². The summed E-state index contributed by atoms with van der Waals surface area (Å²) in [4.78, 5) is 26.7. The third-order valence-corrected chi connectivity index (χ3v) is 4.76. The van der Waals surface area contributed by atoms with Crippen LogP contribution in [-0.2, 0) is 9.53 Å². The van der Waals surface area contributed by atoms with Gasteiger partial charge >= 0.3 is 0 Å². The van der Waals surface area contributed by atoms with E-state index >= 15 is 0 Å². The fraction of sp³-hybridized carbons (Fsp3) is 0.556. The minimum atomic E-state index is -0.260. The van der Waals surface area contributed by atoms with Crippen LogP contribution in [0.25, 0.3) is 0 Å². The second-order valence-electron chi connectivity index (χ2n) is 6.19. The van der Waals surface area contributed by atoms with Crippen LogP contribution < -0.4 is 4.74 Å². The molecular formula is C18H23NO4.